The van der Waals surface area contributed by atoms with E-state index >= 15 is 0 Å². The van der Waals surface area contributed by atoms with E-state index in [0.29, 0.717) is 22.6 Å². The maximum absolute atomic E-state index is 11.7. The molecular formula is C14H10O4. The van der Waals surface area contributed by atoms with Crippen LogP contribution in [-0.2, 0) is 9.47 Å². The molecule has 4 rings (SSSR count). The summed E-state index contributed by atoms with van der Waals surface area (Å²) in [5, 5.41) is 0. The minimum atomic E-state index is -0.347. The van der Waals surface area contributed by atoms with Crippen molar-refractivity contribution in [1.82, 2.24) is 0 Å². The Labute approximate surface area is 103 Å². The Morgan fingerprint density at radius 2 is 1.78 bits per heavy atom. The number of rotatable bonds is 0. The van der Waals surface area contributed by atoms with Gasteiger partial charge in [0.15, 0.2) is 11.5 Å². The fourth-order valence-electron chi connectivity index (χ4n) is 2.99. The van der Waals surface area contributed by atoms with Gasteiger partial charge in [0.2, 0.25) is 17.7 Å². The van der Waals surface area contributed by atoms with Crippen LogP contribution in [-0.4, -0.2) is 6.79 Å². The van der Waals surface area contributed by atoms with Crippen LogP contribution in [0.3, 0.4) is 0 Å². The van der Waals surface area contributed by atoms with Crippen LogP contribution < -0.4 is 10.9 Å². The first-order chi connectivity index (χ1) is 8.66. The average Bonchev–Trinajstić information content (AvgIpc) is 2.80. The van der Waals surface area contributed by atoms with Crippen molar-refractivity contribution in [1.29, 1.82) is 0 Å². The van der Waals surface area contributed by atoms with Crippen LogP contribution >= 0.6 is 0 Å². The summed E-state index contributed by atoms with van der Waals surface area (Å²) in [6.45, 7) is 2.15. The van der Waals surface area contributed by atoms with E-state index in [4.69, 9.17) is 9.47 Å². The minimum absolute atomic E-state index is 0.00516. The van der Waals surface area contributed by atoms with Crippen molar-refractivity contribution >= 4 is 0 Å². The molecule has 18 heavy (non-hydrogen) atoms. The molecule has 1 fully saturated rings. The molecule has 0 bridgehead atoms. The largest absolute Gasteiger partial charge is 0.454 e. The summed E-state index contributed by atoms with van der Waals surface area (Å²) in [7, 11) is 0. The topological polar surface area (TPSA) is 52.6 Å². The second-order valence-corrected chi connectivity index (χ2v) is 4.86. The maximum Gasteiger partial charge on any atom is 0.231 e. The Bertz CT molecular complexity index is 725. The Balaban J connectivity index is 1.93. The standard InChI is InChI=1S/C14H10O4/c1-6-2-7-3-9-10(18-5-17-9)4-8(7)12-11(6)13(15)14(12)16/h2-4,6,8H,5H2,1H3. The van der Waals surface area contributed by atoms with E-state index in [2.05, 4.69) is 0 Å². The molecule has 1 aliphatic heterocycles. The third-order valence-corrected chi connectivity index (χ3v) is 3.84. The van der Waals surface area contributed by atoms with Crippen LogP contribution in [0, 0.1) is 0 Å². The molecule has 4 heteroatoms. The smallest absolute Gasteiger partial charge is 0.231 e. The molecule has 0 N–H and O–H groups in total. The Kier molecular flexibility index (Phi) is 1.66. The number of allylic oxidation sites excluding steroid dienone is 4. The highest BCUT2D eigenvalue weighted by atomic mass is 16.7. The molecule has 2 aliphatic carbocycles. The van der Waals surface area contributed by atoms with Crippen molar-refractivity contribution < 1.29 is 9.47 Å². The van der Waals surface area contributed by atoms with Crippen molar-refractivity contribution in [3.8, 4) is 0 Å². The van der Waals surface area contributed by atoms with E-state index in [0.717, 1.165) is 5.57 Å². The van der Waals surface area contributed by atoms with Gasteiger partial charge in [-0.15, -0.1) is 0 Å². The second-order valence-electron chi connectivity index (χ2n) is 4.86. The van der Waals surface area contributed by atoms with Gasteiger partial charge in [0.25, 0.3) is 0 Å². The molecule has 90 valence electrons. The van der Waals surface area contributed by atoms with Crippen LogP contribution in [0.1, 0.15) is 29.9 Å². The summed E-state index contributed by atoms with van der Waals surface area (Å²) >= 11 is 0. The minimum Gasteiger partial charge on any atom is -0.454 e. The van der Waals surface area contributed by atoms with Crippen molar-refractivity contribution in [2.24, 2.45) is 0 Å². The van der Waals surface area contributed by atoms with Crippen LogP contribution in [0.15, 0.2) is 44.9 Å². The zero-order valence-corrected chi connectivity index (χ0v) is 9.73. The molecule has 0 aromatic heterocycles. The fourth-order valence-corrected chi connectivity index (χ4v) is 2.99. The van der Waals surface area contributed by atoms with Gasteiger partial charge in [-0.2, -0.15) is 0 Å². The molecule has 0 spiro atoms. The first-order valence-corrected chi connectivity index (χ1v) is 5.91. The van der Waals surface area contributed by atoms with Gasteiger partial charge in [0, 0.05) is 23.0 Å². The number of hydrogen-bond acceptors (Lipinski definition) is 4. The normalized spacial score (nSPS) is 28.2. The van der Waals surface area contributed by atoms with Gasteiger partial charge >= 0.3 is 0 Å². The van der Waals surface area contributed by atoms with Gasteiger partial charge in [-0.1, -0.05) is 13.0 Å². The lowest BCUT2D eigenvalue weighted by atomic mass is 9.72. The lowest BCUT2D eigenvalue weighted by molar-refractivity contribution is 0.0978. The van der Waals surface area contributed by atoms with E-state index in [1.165, 1.54) is 0 Å². The summed E-state index contributed by atoms with van der Waals surface area (Å²) in [6.07, 6.45) is 5.80. The summed E-state index contributed by atoms with van der Waals surface area (Å²) in [4.78, 5) is 23.3. The molecule has 0 amide bonds. The number of hydrogen-bond donors (Lipinski definition) is 0. The predicted octanol–water partition coefficient (Wildman–Crippen LogP) is 1.20. The van der Waals surface area contributed by atoms with Gasteiger partial charge in [-0.25, -0.2) is 0 Å². The summed E-state index contributed by atoms with van der Waals surface area (Å²) in [6, 6.07) is 0. The number of fused-ring (bicyclic) bond motifs is 4. The summed E-state index contributed by atoms with van der Waals surface area (Å²) in [5.41, 5.74) is 1.65. The first-order valence-electron chi connectivity index (χ1n) is 5.91. The maximum atomic E-state index is 11.7. The van der Waals surface area contributed by atoms with E-state index in [-0.39, 0.29) is 29.5 Å². The Morgan fingerprint density at radius 3 is 2.61 bits per heavy atom. The van der Waals surface area contributed by atoms with Gasteiger partial charge in [-0.3, -0.25) is 9.59 Å². The van der Waals surface area contributed by atoms with Gasteiger partial charge in [-0.05, 0) is 17.7 Å². The molecule has 4 nitrogen and oxygen atoms in total. The third kappa shape index (κ3) is 1.01. The molecule has 1 saturated heterocycles. The fraction of sp³-hybridized carbons (Fsp3) is 0.286. The average molecular weight is 242 g/mol. The van der Waals surface area contributed by atoms with Gasteiger partial charge < -0.3 is 9.47 Å². The summed E-state index contributed by atoms with van der Waals surface area (Å²) in [5.74, 6) is 1.25. The molecular weight excluding hydrogens is 232 g/mol. The van der Waals surface area contributed by atoms with Gasteiger partial charge in [0.05, 0.1) is 0 Å². The Morgan fingerprint density at radius 1 is 1.06 bits per heavy atom. The summed E-state index contributed by atoms with van der Waals surface area (Å²) < 4.78 is 10.7. The van der Waals surface area contributed by atoms with Crippen molar-refractivity contribution in [3.63, 3.8) is 0 Å². The Hall–Kier alpha value is -2.10. The van der Waals surface area contributed by atoms with E-state index in [1.807, 2.05) is 25.2 Å². The molecule has 1 aromatic rings. The van der Waals surface area contributed by atoms with E-state index < -0.39 is 0 Å². The first kappa shape index (κ1) is 9.88. The van der Waals surface area contributed by atoms with Crippen LogP contribution in [0.5, 0.6) is 0 Å². The highest BCUT2D eigenvalue weighted by molar-refractivity contribution is 5.57. The second kappa shape index (κ2) is 3.02. The van der Waals surface area contributed by atoms with E-state index in [9.17, 15) is 9.59 Å². The van der Waals surface area contributed by atoms with Gasteiger partial charge in [0.1, 0.15) is 0 Å². The van der Waals surface area contributed by atoms with Crippen molar-refractivity contribution in [3.05, 3.63) is 66.9 Å². The van der Waals surface area contributed by atoms with Crippen molar-refractivity contribution in [2.45, 2.75) is 18.8 Å². The predicted molar refractivity (Wildman–Crippen MR) is 63.8 cm³/mol. The molecule has 0 radical (unpaired) electrons. The third-order valence-electron chi connectivity index (χ3n) is 3.84. The van der Waals surface area contributed by atoms with Crippen LogP contribution in [0.2, 0.25) is 0 Å². The van der Waals surface area contributed by atoms with Crippen molar-refractivity contribution in [2.75, 3.05) is 6.79 Å². The highest BCUT2D eigenvalue weighted by Crippen LogP contribution is 2.43. The lowest BCUT2D eigenvalue weighted by Crippen LogP contribution is -2.43. The molecule has 1 heterocycles. The highest BCUT2D eigenvalue weighted by Gasteiger charge is 2.38. The molecule has 1 aromatic carbocycles. The van der Waals surface area contributed by atoms with Crippen LogP contribution in [0.25, 0.3) is 0 Å². The SMILES string of the molecule is CC1C=C2C=C3OCOC3=CC2c2c1c(=O)c2=O. The zero-order chi connectivity index (χ0) is 12.4. The van der Waals surface area contributed by atoms with E-state index in [1.54, 1.807) is 0 Å². The molecule has 0 saturated carbocycles. The zero-order valence-electron chi connectivity index (χ0n) is 9.73. The monoisotopic (exact) mass is 242 g/mol. The number of ether oxygens (including phenoxy) is 2. The molecule has 2 unspecified atom stereocenters. The van der Waals surface area contributed by atoms with Crippen LogP contribution in [0.4, 0.5) is 0 Å². The molecule has 3 aliphatic rings. The lowest BCUT2D eigenvalue weighted by Gasteiger charge is -2.29. The molecule has 2 atom stereocenters. The quantitative estimate of drug-likeness (QED) is 0.641.